The monoisotopic (exact) mass is 621 g/mol. The maximum atomic E-state index is 14.0. The number of hydrogen-bond acceptors (Lipinski definition) is 4. The van der Waals surface area contributed by atoms with Crippen molar-refractivity contribution in [1.82, 2.24) is 4.90 Å². The van der Waals surface area contributed by atoms with Crippen LogP contribution in [0.25, 0.3) is 0 Å². The molecule has 1 unspecified atom stereocenters. The number of allylic oxidation sites excluding steroid dienone is 12. The SMILES string of the molecule is CC/C=C\C/C=C/C/C=C/C/C=C/C/C=C/C/C=C/CCC(=O)OCC(=O)C(CC(C)N(C)C)(c1ccccc1)c1ccccc1. The number of ketones is 1. The highest BCUT2D eigenvalue weighted by Crippen LogP contribution is 2.38. The summed E-state index contributed by atoms with van der Waals surface area (Å²) >= 11 is 0. The van der Waals surface area contributed by atoms with E-state index in [9.17, 15) is 9.59 Å². The zero-order valence-electron chi connectivity index (χ0n) is 28.5. The van der Waals surface area contributed by atoms with E-state index in [1.165, 1.54) is 0 Å². The van der Waals surface area contributed by atoms with Gasteiger partial charge < -0.3 is 9.64 Å². The van der Waals surface area contributed by atoms with Crippen LogP contribution in [0.15, 0.2) is 134 Å². The van der Waals surface area contributed by atoms with Crippen molar-refractivity contribution in [3.63, 3.8) is 0 Å². The Balaban J connectivity index is 1.78. The van der Waals surface area contributed by atoms with E-state index in [1.807, 2.05) is 80.8 Å². The molecule has 0 spiro atoms. The standard InChI is InChI=1S/C42H55NO3/c1-5-6-7-8-9-10-11-12-13-14-15-16-17-18-19-20-21-22-29-34-41(45)46-36-40(44)42(35-37(2)43(3)4,38-30-25-23-26-31-38)39-32-27-24-28-33-39/h6-7,9-10,12-13,15-16,18-19,21-28,30-33,37H,5,8,11,14,17,20,29,34-36H2,1-4H3/b7-6-,10-9+,13-12+,16-15+,19-18+,22-21+. The second kappa shape index (κ2) is 23.3. The van der Waals surface area contributed by atoms with Gasteiger partial charge in [0.05, 0.1) is 5.41 Å². The zero-order valence-corrected chi connectivity index (χ0v) is 28.5. The predicted molar refractivity (Wildman–Crippen MR) is 195 cm³/mol. The van der Waals surface area contributed by atoms with E-state index in [-0.39, 0.29) is 30.8 Å². The molecule has 0 fully saturated rings. The predicted octanol–water partition coefficient (Wildman–Crippen LogP) is 9.90. The molecule has 2 rings (SSSR count). The van der Waals surface area contributed by atoms with Gasteiger partial charge in [0.25, 0.3) is 0 Å². The van der Waals surface area contributed by atoms with E-state index in [4.69, 9.17) is 4.74 Å². The van der Waals surface area contributed by atoms with Crippen LogP contribution in [0, 0.1) is 0 Å². The van der Waals surface area contributed by atoms with Crippen molar-refractivity contribution in [2.75, 3.05) is 20.7 Å². The van der Waals surface area contributed by atoms with Crippen LogP contribution >= 0.6 is 0 Å². The van der Waals surface area contributed by atoms with Gasteiger partial charge in [-0.1, -0.05) is 140 Å². The number of nitrogens with zero attached hydrogens (tertiary/aromatic N) is 1. The van der Waals surface area contributed by atoms with Gasteiger partial charge in [0, 0.05) is 12.5 Å². The summed E-state index contributed by atoms with van der Waals surface area (Å²) in [5.74, 6) is -0.468. The molecule has 46 heavy (non-hydrogen) atoms. The first-order valence-electron chi connectivity index (χ1n) is 16.8. The van der Waals surface area contributed by atoms with Crippen LogP contribution in [0.3, 0.4) is 0 Å². The second-order valence-electron chi connectivity index (χ2n) is 11.7. The van der Waals surface area contributed by atoms with Crippen LogP contribution in [0.5, 0.6) is 0 Å². The molecule has 4 heteroatoms. The Hall–Kier alpha value is -4.02. The quantitative estimate of drug-likeness (QED) is 0.0970. The van der Waals surface area contributed by atoms with Gasteiger partial charge in [-0.25, -0.2) is 0 Å². The number of ether oxygens (including phenoxy) is 1. The minimum absolute atomic E-state index is 0.110. The van der Waals surface area contributed by atoms with Crippen molar-refractivity contribution in [1.29, 1.82) is 0 Å². The minimum atomic E-state index is -0.923. The molecular formula is C42H55NO3. The van der Waals surface area contributed by atoms with E-state index in [2.05, 4.69) is 85.6 Å². The number of carbonyl (C=O) groups is 2. The first-order chi connectivity index (χ1) is 22.4. The topological polar surface area (TPSA) is 46.6 Å². The highest BCUT2D eigenvalue weighted by atomic mass is 16.5. The van der Waals surface area contributed by atoms with E-state index in [0.717, 1.165) is 49.7 Å². The van der Waals surface area contributed by atoms with Gasteiger partial charge in [-0.3, -0.25) is 9.59 Å². The smallest absolute Gasteiger partial charge is 0.306 e. The lowest BCUT2D eigenvalue weighted by molar-refractivity contribution is -0.149. The third-order valence-corrected chi connectivity index (χ3v) is 7.97. The summed E-state index contributed by atoms with van der Waals surface area (Å²) in [7, 11) is 4.04. The Morgan fingerprint density at radius 2 is 1.09 bits per heavy atom. The van der Waals surface area contributed by atoms with Gasteiger partial charge in [-0.2, -0.15) is 0 Å². The van der Waals surface area contributed by atoms with Crippen LogP contribution in [-0.2, 0) is 19.7 Å². The molecule has 0 aliphatic heterocycles. The molecule has 0 saturated heterocycles. The van der Waals surface area contributed by atoms with Crippen LogP contribution in [0.2, 0.25) is 0 Å². The molecule has 0 aromatic heterocycles. The van der Waals surface area contributed by atoms with Gasteiger partial charge in [0.15, 0.2) is 12.4 Å². The average Bonchev–Trinajstić information content (AvgIpc) is 3.07. The lowest BCUT2D eigenvalue weighted by atomic mass is 9.67. The lowest BCUT2D eigenvalue weighted by Gasteiger charge is -2.37. The van der Waals surface area contributed by atoms with Crippen LogP contribution in [0.4, 0.5) is 0 Å². The van der Waals surface area contributed by atoms with Crippen molar-refractivity contribution < 1.29 is 14.3 Å². The molecule has 0 radical (unpaired) electrons. The van der Waals surface area contributed by atoms with E-state index in [1.54, 1.807) is 0 Å². The first-order valence-corrected chi connectivity index (χ1v) is 16.8. The van der Waals surface area contributed by atoms with Gasteiger partial charge in [-0.15, -0.1) is 0 Å². The molecule has 2 aromatic carbocycles. The number of hydrogen-bond donors (Lipinski definition) is 0. The molecule has 1 atom stereocenters. The number of esters is 1. The van der Waals surface area contributed by atoms with Crippen molar-refractivity contribution >= 4 is 11.8 Å². The van der Waals surface area contributed by atoms with E-state index >= 15 is 0 Å². The third-order valence-electron chi connectivity index (χ3n) is 7.97. The largest absolute Gasteiger partial charge is 0.458 e. The molecule has 2 aromatic rings. The molecule has 0 aliphatic carbocycles. The fourth-order valence-corrected chi connectivity index (χ4v) is 5.09. The van der Waals surface area contributed by atoms with Gasteiger partial charge in [0.2, 0.25) is 0 Å². The Bertz CT molecular complexity index is 1260. The van der Waals surface area contributed by atoms with Gasteiger partial charge >= 0.3 is 5.97 Å². The third kappa shape index (κ3) is 14.4. The van der Waals surface area contributed by atoms with Crippen LogP contribution in [0.1, 0.15) is 82.8 Å². The fourth-order valence-electron chi connectivity index (χ4n) is 5.09. The summed E-state index contributed by atoms with van der Waals surface area (Å²) in [5.41, 5.74) is 0.899. The molecule has 0 N–H and O–H groups in total. The molecule has 0 heterocycles. The highest BCUT2D eigenvalue weighted by molar-refractivity contribution is 5.95. The molecule has 4 nitrogen and oxygen atoms in total. The molecule has 0 aliphatic rings. The highest BCUT2D eigenvalue weighted by Gasteiger charge is 2.43. The van der Waals surface area contributed by atoms with Crippen molar-refractivity contribution in [2.45, 2.75) is 83.1 Å². The second-order valence-corrected chi connectivity index (χ2v) is 11.7. The molecule has 0 bridgehead atoms. The summed E-state index contributed by atoms with van der Waals surface area (Å²) in [4.78, 5) is 28.8. The average molecular weight is 622 g/mol. The first kappa shape index (κ1) is 38.2. The Labute approximate surface area is 278 Å². The minimum Gasteiger partial charge on any atom is -0.458 e. The Morgan fingerprint density at radius 3 is 1.50 bits per heavy atom. The van der Waals surface area contributed by atoms with Gasteiger partial charge in [-0.05, 0) is 83.5 Å². The Morgan fingerprint density at radius 1 is 0.674 bits per heavy atom. The molecular weight excluding hydrogens is 566 g/mol. The molecule has 0 saturated carbocycles. The molecule has 0 amide bonds. The number of Topliss-reactive ketones (excluding diaryl/α,β-unsaturated/α-hetero) is 1. The summed E-state index contributed by atoms with van der Waals surface area (Å²) < 4.78 is 5.56. The maximum absolute atomic E-state index is 14.0. The number of rotatable bonds is 22. The summed E-state index contributed by atoms with van der Waals surface area (Å²) in [5, 5.41) is 0. The lowest BCUT2D eigenvalue weighted by Crippen LogP contribution is -2.45. The summed E-state index contributed by atoms with van der Waals surface area (Å²) in [6.07, 6.45) is 33.1. The summed E-state index contributed by atoms with van der Waals surface area (Å²) in [6, 6.07) is 19.8. The van der Waals surface area contributed by atoms with Crippen molar-refractivity contribution in [2.24, 2.45) is 0 Å². The summed E-state index contributed by atoms with van der Waals surface area (Å²) in [6.45, 7) is 4.01. The maximum Gasteiger partial charge on any atom is 0.306 e. The molecule has 246 valence electrons. The van der Waals surface area contributed by atoms with Crippen LogP contribution < -0.4 is 0 Å². The van der Waals surface area contributed by atoms with E-state index in [0.29, 0.717) is 12.8 Å². The van der Waals surface area contributed by atoms with E-state index < -0.39 is 5.41 Å². The number of carbonyl (C=O) groups excluding carboxylic acids is 2. The van der Waals surface area contributed by atoms with Gasteiger partial charge in [0.1, 0.15) is 0 Å². The normalized spacial score (nSPS) is 13.4. The van der Waals surface area contributed by atoms with Crippen molar-refractivity contribution in [3.8, 4) is 0 Å². The Kier molecular flexibility index (Phi) is 19.4. The van der Waals surface area contributed by atoms with Crippen molar-refractivity contribution in [3.05, 3.63) is 145 Å². The number of benzene rings is 2. The van der Waals surface area contributed by atoms with Crippen LogP contribution in [-0.4, -0.2) is 43.4 Å². The fraction of sp³-hybridized carbons (Fsp3) is 0.381. The zero-order chi connectivity index (χ0) is 33.3.